The average Bonchev–Trinajstić information content (AvgIpc) is 2.44. The van der Waals surface area contributed by atoms with Gasteiger partial charge in [-0.05, 0) is 17.9 Å². The van der Waals surface area contributed by atoms with Crippen molar-refractivity contribution < 1.29 is 14.7 Å². The Morgan fingerprint density at radius 2 is 1.76 bits per heavy atom. The number of carboxylic acid groups (broad SMARTS) is 1. The van der Waals surface area contributed by atoms with Crippen LogP contribution in [0.4, 0.5) is 4.79 Å². The summed E-state index contributed by atoms with van der Waals surface area (Å²) < 4.78 is 0. The highest BCUT2D eigenvalue weighted by atomic mass is 16.4. The number of carboxylic acids is 1. The van der Waals surface area contributed by atoms with Crippen LogP contribution < -0.4 is 10.6 Å². The molecule has 5 heteroatoms. The second kappa shape index (κ2) is 8.29. The van der Waals surface area contributed by atoms with Gasteiger partial charge >= 0.3 is 12.0 Å². The predicted molar refractivity (Wildman–Crippen MR) is 82.0 cm³/mol. The zero-order valence-electron chi connectivity index (χ0n) is 12.8. The summed E-state index contributed by atoms with van der Waals surface area (Å²) >= 11 is 0. The number of nitrogens with one attached hydrogen (secondary N) is 2. The van der Waals surface area contributed by atoms with Gasteiger partial charge in [0.05, 0.1) is 12.5 Å². The van der Waals surface area contributed by atoms with Gasteiger partial charge in [0.25, 0.3) is 0 Å². The third kappa shape index (κ3) is 5.85. The van der Waals surface area contributed by atoms with Crippen LogP contribution in [0.5, 0.6) is 0 Å². The van der Waals surface area contributed by atoms with Crippen molar-refractivity contribution in [3.05, 3.63) is 35.9 Å². The van der Waals surface area contributed by atoms with Gasteiger partial charge in [0.15, 0.2) is 0 Å². The monoisotopic (exact) mass is 292 g/mol. The Hall–Kier alpha value is -2.04. The Bertz CT molecular complexity index is 460. The largest absolute Gasteiger partial charge is 0.481 e. The number of carbonyl (C=O) groups is 2. The molecule has 5 nitrogen and oxygen atoms in total. The molecule has 0 aliphatic heterocycles. The van der Waals surface area contributed by atoms with Crippen molar-refractivity contribution in [3.8, 4) is 0 Å². The highest BCUT2D eigenvalue weighted by Crippen LogP contribution is 2.16. The summed E-state index contributed by atoms with van der Waals surface area (Å²) in [5, 5.41) is 14.7. The first-order chi connectivity index (χ1) is 9.93. The molecule has 0 aromatic heterocycles. The molecule has 1 aromatic rings. The van der Waals surface area contributed by atoms with Crippen LogP contribution in [0.3, 0.4) is 0 Å². The van der Waals surface area contributed by atoms with Gasteiger partial charge in [-0.25, -0.2) is 4.79 Å². The summed E-state index contributed by atoms with van der Waals surface area (Å²) in [4.78, 5) is 23.0. The summed E-state index contributed by atoms with van der Waals surface area (Å²) in [5.74, 6) is -0.615. The molecule has 0 fully saturated rings. The standard InChI is InChI=1S/C16H24N2O3/c1-4-13(11(2)3)17-16(21)18-14(10-15(19)20)12-8-6-5-7-9-12/h5-9,11,13-14H,4,10H2,1-3H3,(H,19,20)(H2,17,18,21). The highest BCUT2D eigenvalue weighted by molar-refractivity contribution is 5.76. The van der Waals surface area contributed by atoms with E-state index in [1.165, 1.54) is 0 Å². The number of rotatable bonds is 7. The molecule has 2 amide bonds. The number of benzene rings is 1. The third-order valence-corrected chi connectivity index (χ3v) is 3.45. The van der Waals surface area contributed by atoms with Crippen molar-refractivity contribution in [2.45, 2.75) is 45.7 Å². The maximum atomic E-state index is 12.1. The molecule has 0 spiro atoms. The lowest BCUT2D eigenvalue weighted by molar-refractivity contribution is -0.137. The quantitative estimate of drug-likeness (QED) is 0.723. The summed E-state index contributed by atoms with van der Waals surface area (Å²) in [6.45, 7) is 6.09. The number of hydrogen-bond donors (Lipinski definition) is 3. The maximum absolute atomic E-state index is 12.1. The van der Waals surface area contributed by atoms with Gasteiger partial charge in [0.1, 0.15) is 0 Å². The molecule has 0 bridgehead atoms. The zero-order chi connectivity index (χ0) is 15.8. The highest BCUT2D eigenvalue weighted by Gasteiger charge is 2.20. The third-order valence-electron chi connectivity index (χ3n) is 3.45. The van der Waals surface area contributed by atoms with Crippen LogP contribution in [0.25, 0.3) is 0 Å². The molecular formula is C16H24N2O3. The fourth-order valence-electron chi connectivity index (χ4n) is 2.22. The van der Waals surface area contributed by atoms with E-state index in [9.17, 15) is 9.59 Å². The molecule has 2 unspecified atom stereocenters. The Morgan fingerprint density at radius 3 is 2.24 bits per heavy atom. The molecule has 0 saturated heterocycles. The van der Waals surface area contributed by atoms with E-state index in [0.29, 0.717) is 5.92 Å². The van der Waals surface area contributed by atoms with Crippen molar-refractivity contribution in [2.24, 2.45) is 5.92 Å². The van der Waals surface area contributed by atoms with Crippen molar-refractivity contribution in [1.82, 2.24) is 10.6 Å². The second-order valence-electron chi connectivity index (χ2n) is 5.44. The Morgan fingerprint density at radius 1 is 1.14 bits per heavy atom. The van der Waals surface area contributed by atoms with Crippen molar-refractivity contribution in [2.75, 3.05) is 0 Å². The van der Waals surface area contributed by atoms with E-state index in [-0.39, 0.29) is 18.5 Å². The summed E-state index contributed by atoms with van der Waals surface area (Å²) in [7, 11) is 0. The van der Waals surface area contributed by atoms with Crippen LogP contribution in [-0.4, -0.2) is 23.1 Å². The summed E-state index contributed by atoms with van der Waals surface area (Å²) in [5.41, 5.74) is 0.785. The molecule has 0 aliphatic rings. The molecule has 1 rings (SSSR count). The van der Waals surface area contributed by atoms with Crippen LogP contribution in [0.1, 0.15) is 45.2 Å². The fourth-order valence-corrected chi connectivity index (χ4v) is 2.22. The molecule has 0 saturated carbocycles. The van der Waals surface area contributed by atoms with E-state index in [4.69, 9.17) is 5.11 Å². The van der Waals surface area contributed by atoms with Gasteiger partial charge in [-0.2, -0.15) is 0 Å². The van der Waals surface area contributed by atoms with Gasteiger partial charge in [0, 0.05) is 6.04 Å². The first kappa shape index (κ1) is 17.0. The number of hydrogen-bond acceptors (Lipinski definition) is 2. The van der Waals surface area contributed by atoms with Crippen LogP contribution in [0.15, 0.2) is 30.3 Å². The Kier molecular flexibility index (Phi) is 6.72. The summed E-state index contributed by atoms with van der Waals surface area (Å²) in [6, 6.07) is 8.35. The minimum absolute atomic E-state index is 0.0752. The topological polar surface area (TPSA) is 78.4 Å². The van der Waals surface area contributed by atoms with E-state index in [0.717, 1.165) is 12.0 Å². The molecule has 3 N–H and O–H groups in total. The van der Waals surface area contributed by atoms with Crippen LogP contribution in [0.2, 0.25) is 0 Å². The number of urea groups is 1. The minimum atomic E-state index is -0.944. The lowest BCUT2D eigenvalue weighted by Gasteiger charge is -2.23. The van der Waals surface area contributed by atoms with E-state index in [1.807, 2.05) is 51.1 Å². The minimum Gasteiger partial charge on any atom is -0.481 e. The first-order valence-corrected chi connectivity index (χ1v) is 7.27. The molecular weight excluding hydrogens is 268 g/mol. The number of carbonyl (C=O) groups excluding carboxylic acids is 1. The van der Waals surface area contributed by atoms with Gasteiger partial charge in [-0.3, -0.25) is 4.79 Å². The van der Waals surface area contributed by atoms with Gasteiger partial charge < -0.3 is 15.7 Å². The Balaban J connectivity index is 2.73. The molecule has 0 aliphatic carbocycles. The lowest BCUT2D eigenvalue weighted by atomic mass is 10.0. The molecule has 0 radical (unpaired) electrons. The SMILES string of the molecule is CCC(NC(=O)NC(CC(=O)O)c1ccccc1)C(C)C. The molecule has 2 atom stereocenters. The van der Waals surface area contributed by atoms with Gasteiger partial charge in [-0.15, -0.1) is 0 Å². The van der Waals surface area contributed by atoms with Crippen molar-refractivity contribution >= 4 is 12.0 Å². The van der Waals surface area contributed by atoms with E-state index in [2.05, 4.69) is 10.6 Å². The van der Waals surface area contributed by atoms with E-state index in [1.54, 1.807) is 0 Å². The van der Waals surface area contributed by atoms with Crippen LogP contribution in [0, 0.1) is 5.92 Å². The van der Waals surface area contributed by atoms with E-state index < -0.39 is 12.0 Å². The summed E-state index contributed by atoms with van der Waals surface area (Å²) in [6.07, 6.45) is 0.690. The number of amides is 2. The van der Waals surface area contributed by atoms with Crippen LogP contribution in [-0.2, 0) is 4.79 Å². The number of aliphatic carboxylic acids is 1. The molecule has 21 heavy (non-hydrogen) atoms. The van der Waals surface area contributed by atoms with Crippen molar-refractivity contribution in [1.29, 1.82) is 0 Å². The molecule has 1 aromatic carbocycles. The smallest absolute Gasteiger partial charge is 0.315 e. The lowest BCUT2D eigenvalue weighted by Crippen LogP contribution is -2.45. The zero-order valence-corrected chi connectivity index (χ0v) is 12.8. The molecule has 116 valence electrons. The first-order valence-electron chi connectivity index (χ1n) is 7.27. The van der Waals surface area contributed by atoms with Gasteiger partial charge in [-0.1, -0.05) is 51.1 Å². The van der Waals surface area contributed by atoms with Crippen molar-refractivity contribution in [3.63, 3.8) is 0 Å². The average molecular weight is 292 g/mol. The Labute approximate surface area is 125 Å². The maximum Gasteiger partial charge on any atom is 0.315 e. The van der Waals surface area contributed by atoms with Gasteiger partial charge in [0.2, 0.25) is 0 Å². The fraction of sp³-hybridized carbons (Fsp3) is 0.500. The van der Waals surface area contributed by atoms with Crippen LogP contribution >= 0.6 is 0 Å². The van der Waals surface area contributed by atoms with E-state index >= 15 is 0 Å². The molecule has 0 heterocycles. The normalized spacial score (nSPS) is 13.5. The second-order valence-corrected chi connectivity index (χ2v) is 5.44. The predicted octanol–water partition coefficient (Wildman–Crippen LogP) is 2.94.